The van der Waals surface area contributed by atoms with Gasteiger partial charge in [-0.3, -0.25) is 0 Å². The Morgan fingerprint density at radius 3 is 2.46 bits per heavy atom. The highest BCUT2D eigenvalue weighted by Gasteiger charge is 2.48. The first-order chi connectivity index (χ1) is 11.8. The number of nitrogens with zero attached hydrogens (tertiary/aromatic N) is 3. The maximum atomic E-state index is 12.6. The van der Waals surface area contributed by atoms with Crippen molar-refractivity contribution in [3.05, 3.63) is 12.4 Å². The molecule has 24 heavy (non-hydrogen) atoms. The Labute approximate surface area is 141 Å². The van der Waals surface area contributed by atoms with Crippen molar-refractivity contribution >= 4 is 6.03 Å². The van der Waals surface area contributed by atoms with Crippen LogP contribution in [0.2, 0.25) is 0 Å². The van der Waals surface area contributed by atoms with Gasteiger partial charge in [-0.05, 0) is 55.8 Å². The lowest BCUT2D eigenvalue weighted by Crippen LogP contribution is -2.58. The topological polar surface area (TPSA) is 81.1 Å². The van der Waals surface area contributed by atoms with Crippen molar-refractivity contribution in [2.75, 3.05) is 13.2 Å². The van der Waals surface area contributed by atoms with Gasteiger partial charge in [0.25, 0.3) is 0 Å². The van der Waals surface area contributed by atoms with Crippen LogP contribution in [0.5, 0.6) is 0 Å². The number of nitrogens with one attached hydrogen (secondary N) is 2. The van der Waals surface area contributed by atoms with Crippen LogP contribution in [0.3, 0.4) is 0 Å². The minimum Gasteiger partial charge on any atom is -0.377 e. The summed E-state index contributed by atoms with van der Waals surface area (Å²) in [5.74, 6) is 3.23. The molecule has 0 spiro atoms. The second kappa shape index (κ2) is 5.72. The van der Waals surface area contributed by atoms with E-state index in [1.165, 1.54) is 32.1 Å². The number of aromatic nitrogens is 3. The highest BCUT2D eigenvalue weighted by atomic mass is 16.5. The molecule has 4 saturated carbocycles. The highest BCUT2D eigenvalue weighted by Crippen LogP contribution is 2.53. The highest BCUT2D eigenvalue weighted by molar-refractivity contribution is 5.74. The van der Waals surface area contributed by atoms with Gasteiger partial charge in [0.2, 0.25) is 0 Å². The summed E-state index contributed by atoms with van der Waals surface area (Å²) in [6.07, 6.45) is 10.2. The Morgan fingerprint density at radius 2 is 1.79 bits per heavy atom. The third-order valence-electron chi connectivity index (χ3n) is 6.67. The smallest absolute Gasteiger partial charge is 0.315 e. The molecule has 130 valence electrons. The van der Waals surface area contributed by atoms with E-state index >= 15 is 0 Å². The SMILES string of the molecule is O=C(NC1C2CC3CC(C2)CC1C3)N[C@H]1COC[C@H]1n1ccnn1. The molecule has 6 rings (SSSR count). The van der Waals surface area contributed by atoms with Gasteiger partial charge in [-0.25, -0.2) is 9.48 Å². The van der Waals surface area contributed by atoms with Crippen molar-refractivity contribution in [2.45, 2.75) is 50.2 Å². The molecule has 2 N–H and O–H groups in total. The average molecular weight is 331 g/mol. The van der Waals surface area contributed by atoms with Crippen molar-refractivity contribution in [1.29, 1.82) is 0 Å². The molecule has 1 aromatic rings. The molecule has 1 saturated heterocycles. The van der Waals surface area contributed by atoms with E-state index in [4.69, 9.17) is 4.74 Å². The number of rotatable bonds is 3. The summed E-state index contributed by atoms with van der Waals surface area (Å²) >= 11 is 0. The van der Waals surface area contributed by atoms with E-state index in [-0.39, 0.29) is 18.1 Å². The monoisotopic (exact) mass is 331 g/mol. The van der Waals surface area contributed by atoms with E-state index in [0.717, 1.165) is 11.8 Å². The molecule has 7 nitrogen and oxygen atoms in total. The second-order valence-corrected chi connectivity index (χ2v) is 8.17. The van der Waals surface area contributed by atoms with Crippen LogP contribution >= 0.6 is 0 Å². The molecule has 0 aromatic carbocycles. The maximum Gasteiger partial charge on any atom is 0.315 e. The van der Waals surface area contributed by atoms with E-state index in [9.17, 15) is 4.79 Å². The van der Waals surface area contributed by atoms with Crippen molar-refractivity contribution in [2.24, 2.45) is 23.7 Å². The summed E-state index contributed by atoms with van der Waals surface area (Å²) in [5, 5.41) is 14.3. The zero-order valence-corrected chi connectivity index (χ0v) is 13.8. The fraction of sp³-hybridized carbons (Fsp3) is 0.824. The lowest BCUT2D eigenvalue weighted by atomic mass is 9.54. The Balaban J connectivity index is 1.22. The van der Waals surface area contributed by atoms with E-state index in [0.29, 0.717) is 31.1 Å². The van der Waals surface area contributed by atoms with Crippen LogP contribution in [0.15, 0.2) is 12.4 Å². The molecule has 2 atom stereocenters. The standard InChI is InChI=1S/C17H25N5O2/c23-17(19-14-8-24-9-15(14)22-2-1-18-21-22)20-16-12-4-10-3-11(6-12)7-13(16)5-10/h1-2,10-16H,3-9H2,(H2,19,20,23)/t10?,11?,12?,13?,14-,15+,16?/m0/s1. The summed E-state index contributed by atoms with van der Waals surface area (Å²) in [6, 6.07) is 0.290. The van der Waals surface area contributed by atoms with E-state index in [2.05, 4.69) is 20.9 Å². The first-order valence-electron chi connectivity index (χ1n) is 9.27. The number of carbonyl (C=O) groups excluding carboxylic acids is 1. The van der Waals surface area contributed by atoms with E-state index in [1.54, 1.807) is 10.9 Å². The average Bonchev–Trinajstić information content (AvgIpc) is 3.21. The van der Waals surface area contributed by atoms with Crippen LogP contribution in [0.25, 0.3) is 0 Å². The fourth-order valence-corrected chi connectivity index (χ4v) is 5.86. The van der Waals surface area contributed by atoms with Crippen LogP contribution in [0, 0.1) is 23.7 Å². The lowest BCUT2D eigenvalue weighted by molar-refractivity contribution is -0.00956. The number of hydrogen-bond donors (Lipinski definition) is 2. The molecule has 0 unspecified atom stereocenters. The second-order valence-electron chi connectivity index (χ2n) is 8.17. The van der Waals surface area contributed by atoms with Gasteiger partial charge in [0.05, 0.1) is 31.5 Å². The zero-order valence-electron chi connectivity index (χ0n) is 13.8. The summed E-state index contributed by atoms with van der Waals surface area (Å²) in [4.78, 5) is 12.6. The molecule has 5 fully saturated rings. The molecule has 1 aliphatic heterocycles. The number of urea groups is 1. The Morgan fingerprint density at radius 1 is 1.04 bits per heavy atom. The third-order valence-corrected chi connectivity index (χ3v) is 6.67. The van der Waals surface area contributed by atoms with Crippen LogP contribution < -0.4 is 10.6 Å². The summed E-state index contributed by atoms with van der Waals surface area (Å²) < 4.78 is 7.33. The number of carbonyl (C=O) groups is 1. The molecule has 7 heteroatoms. The van der Waals surface area contributed by atoms with Crippen LogP contribution in [0.4, 0.5) is 4.79 Å². The number of ether oxygens (including phenoxy) is 1. The molecule has 2 heterocycles. The normalized spacial score (nSPS) is 43.1. The molecular formula is C17H25N5O2. The van der Waals surface area contributed by atoms with Gasteiger partial charge in [0.15, 0.2) is 0 Å². The van der Waals surface area contributed by atoms with Gasteiger partial charge in [-0.15, -0.1) is 5.10 Å². The lowest BCUT2D eigenvalue weighted by Gasteiger charge is -2.54. The molecule has 0 radical (unpaired) electrons. The van der Waals surface area contributed by atoms with Crippen molar-refractivity contribution in [3.63, 3.8) is 0 Å². The summed E-state index contributed by atoms with van der Waals surface area (Å²) in [5.41, 5.74) is 0. The summed E-state index contributed by atoms with van der Waals surface area (Å²) in [7, 11) is 0. The Kier molecular flexibility index (Phi) is 3.50. The van der Waals surface area contributed by atoms with Crippen molar-refractivity contribution in [3.8, 4) is 0 Å². The van der Waals surface area contributed by atoms with Crippen LogP contribution in [-0.4, -0.2) is 46.3 Å². The number of amides is 2. The zero-order chi connectivity index (χ0) is 16.1. The van der Waals surface area contributed by atoms with Crippen molar-refractivity contribution < 1.29 is 9.53 Å². The molecule has 4 aliphatic carbocycles. The van der Waals surface area contributed by atoms with E-state index in [1.807, 2.05) is 6.20 Å². The van der Waals surface area contributed by atoms with Gasteiger partial charge in [-0.2, -0.15) is 0 Å². The summed E-state index contributed by atoms with van der Waals surface area (Å²) in [6.45, 7) is 1.09. The Hall–Kier alpha value is -1.63. The van der Waals surface area contributed by atoms with Gasteiger partial charge in [-0.1, -0.05) is 5.21 Å². The van der Waals surface area contributed by atoms with Gasteiger partial charge < -0.3 is 15.4 Å². The van der Waals surface area contributed by atoms with Crippen molar-refractivity contribution in [1.82, 2.24) is 25.6 Å². The predicted molar refractivity (Wildman–Crippen MR) is 86.2 cm³/mol. The first-order valence-corrected chi connectivity index (χ1v) is 9.27. The molecule has 1 aromatic heterocycles. The number of hydrogen-bond acceptors (Lipinski definition) is 4. The van der Waals surface area contributed by atoms with E-state index < -0.39 is 0 Å². The molecular weight excluding hydrogens is 306 g/mol. The van der Waals surface area contributed by atoms with Crippen LogP contribution in [-0.2, 0) is 4.74 Å². The molecule has 4 bridgehead atoms. The quantitative estimate of drug-likeness (QED) is 0.876. The first kappa shape index (κ1) is 14.7. The fourth-order valence-electron chi connectivity index (χ4n) is 5.86. The van der Waals surface area contributed by atoms with Crippen LogP contribution in [0.1, 0.15) is 38.1 Å². The Bertz CT molecular complexity index is 576. The van der Waals surface area contributed by atoms with Gasteiger partial charge in [0, 0.05) is 12.2 Å². The largest absolute Gasteiger partial charge is 0.377 e. The molecule has 5 aliphatic rings. The minimum atomic E-state index is -0.0523. The van der Waals surface area contributed by atoms with Gasteiger partial charge in [0.1, 0.15) is 0 Å². The predicted octanol–water partition coefficient (Wildman–Crippen LogP) is 1.34. The van der Waals surface area contributed by atoms with Gasteiger partial charge >= 0.3 is 6.03 Å². The molecule has 2 amide bonds. The minimum absolute atomic E-state index is 0.0248. The third kappa shape index (κ3) is 2.49. The maximum absolute atomic E-state index is 12.6.